The second-order valence-corrected chi connectivity index (χ2v) is 7.05. The molecule has 0 bridgehead atoms. The minimum absolute atomic E-state index is 0.0866. The van der Waals surface area contributed by atoms with Gasteiger partial charge in [0.1, 0.15) is 0 Å². The van der Waals surface area contributed by atoms with Crippen molar-refractivity contribution in [2.24, 2.45) is 0 Å². The molecule has 2 rings (SSSR count). The molecule has 2 N–H and O–H groups in total. The van der Waals surface area contributed by atoms with E-state index in [9.17, 15) is 8.42 Å². The molecule has 0 amide bonds. The first kappa shape index (κ1) is 16.4. The van der Waals surface area contributed by atoms with Crippen LogP contribution in [0.5, 0.6) is 0 Å². The zero-order valence-electron chi connectivity index (χ0n) is 12.5. The topological polar surface area (TPSA) is 74.3 Å². The van der Waals surface area contributed by atoms with Crippen LogP contribution in [0.3, 0.4) is 0 Å². The number of nitrogens with one attached hydrogen (secondary N) is 2. The van der Waals surface area contributed by atoms with E-state index >= 15 is 0 Å². The number of sulfonamides is 1. The molecule has 1 aliphatic rings. The van der Waals surface area contributed by atoms with E-state index in [4.69, 9.17) is 0 Å². The van der Waals surface area contributed by atoms with E-state index < -0.39 is 10.0 Å². The molecule has 2 heterocycles. The summed E-state index contributed by atoms with van der Waals surface area (Å²) >= 11 is 0. The Bertz CT molecular complexity index is 524. The van der Waals surface area contributed by atoms with E-state index in [0.29, 0.717) is 13.1 Å². The van der Waals surface area contributed by atoms with Crippen molar-refractivity contribution >= 4 is 10.0 Å². The molecule has 0 spiro atoms. The van der Waals surface area contributed by atoms with Crippen molar-refractivity contribution < 1.29 is 8.42 Å². The van der Waals surface area contributed by atoms with Gasteiger partial charge in [-0.1, -0.05) is 6.07 Å². The lowest BCUT2D eigenvalue weighted by Crippen LogP contribution is -2.29. The van der Waals surface area contributed by atoms with E-state index in [-0.39, 0.29) is 5.03 Å². The van der Waals surface area contributed by atoms with Crippen molar-refractivity contribution in [3.05, 3.63) is 23.9 Å². The van der Waals surface area contributed by atoms with Gasteiger partial charge in [0.2, 0.25) is 0 Å². The van der Waals surface area contributed by atoms with Crippen LogP contribution in [0.25, 0.3) is 0 Å². The van der Waals surface area contributed by atoms with Crippen LogP contribution in [0.15, 0.2) is 23.4 Å². The molecule has 21 heavy (non-hydrogen) atoms. The van der Waals surface area contributed by atoms with E-state index in [2.05, 4.69) is 19.9 Å². The second-order valence-electron chi connectivity index (χ2n) is 5.34. The van der Waals surface area contributed by atoms with Crippen LogP contribution in [0.1, 0.15) is 24.8 Å². The zero-order valence-corrected chi connectivity index (χ0v) is 13.3. The summed E-state index contributed by atoms with van der Waals surface area (Å²) < 4.78 is 26.8. The van der Waals surface area contributed by atoms with Crippen LogP contribution >= 0.6 is 0 Å². The molecular weight excluding hydrogens is 288 g/mol. The molecule has 1 saturated heterocycles. The predicted molar refractivity (Wildman–Crippen MR) is 82.5 cm³/mol. The van der Waals surface area contributed by atoms with Crippen molar-refractivity contribution in [1.29, 1.82) is 0 Å². The standard InChI is InChI=1S/C14H24N4O2S/c1-15-11-13-5-6-14(16-12-13)21(19,20)17-7-4-10-18-8-2-3-9-18/h5-6,12,15,17H,2-4,7-11H2,1H3. The second kappa shape index (κ2) is 7.84. The highest BCUT2D eigenvalue weighted by Crippen LogP contribution is 2.08. The Labute approximate surface area is 127 Å². The number of pyridine rings is 1. The Kier molecular flexibility index (Phi) is 6.10. The summed E-state index contributed by atoms with van der Waals surface area (Å²) in [7, 11) is -1.65. The number of nitrogens with zero attached hydrogens (tertiary/aromatic N) is 2. The molecule has 118 valence electrons. The number of likely N-dealkylation sites (tertiary alicyclic amines) is 1. The van der Waals surface area contributed by atoms with Crippen molar-refractivity contribution in [1.82, 2.24) is 19.9 Å². The van der Waals surface area contributed by atoms with Gasteiger partial charge in [0.25, 0.3) is 10.0 Å². The van der Waals surface area contributed by atoms with E-state index in [1.165, 1.54) is 12.8 Å². The Morgan fingerprint density at radius 3 is 2.67 bits per heavy atom. The first-order valence-electron chi connectivity index (χ1n) is 7.43. The number of hydrogen-bond acceptors (Lipinski definition) is 5. The van der Waals surface area contributed by atoms with Gasteiger partial charge in [0.05, 0.1) is 0 Å². The first-order chi connectivity index (χ1) is 10.1. The molecule has 7 heteroatoms. The fraction of sp³-hybridized carbons (Fsp3) is 0.643. The van der Waals surface area contributed by atoms with Crippen LogP contribution in [-0.4, -0.2) is 51.5 Å². The van der Waals surface area contributed by atoms with Crippen molar-refractivity contribution in [3.8, 4) is 0 Å². The Balaban J connectivity index is 1.80. The van der Waals surface area contributed by atoms with E-state index in [0.717, 1.165) is 31.6 Å². The van der Waals surface area contributed by atoms with Gasteiger partial charge in [-0.25, -0.2) is 18.1 Å². The third-order valence-electron chi connectivity index (χ3n) is 3.60. The van der Waals surface area contributed by atoms with Gasteiger partial charge in [-0.15, -0.1) is 0 Å². The molecule has 0 radical (unpaired) electrons. The van der Waals surface area contributed by atoms with Gasteiger partial charge < -0.3 is 10.2 Å². The molecule has 6 nitrogen and oxygen atoms in total. The monoisotopic (exact) mass is 312 g/mol. The minimum atomic E-state index is -3.49. The molecule has 0 aromatic carbocycles. The third kappa shape index (κ3) is 5.03. The van der Waals surface area contributed by atoms with Gasteiger partial charge in [0.15, 0.2) is 5.03 Å². The minimum Gasteiger partial charge on any atom is -0.316 e. The third-order valence-corrected chi connectivity index (χ3v) is 4.97. The summed E-state index contributed by atoms with van der Waals surface area (Å²) in [5.41, 5.74) is 0.963. The van der Waals surface area contributed by atoms with Gasteiger partial charge in [-0.2, -0.15) is 0 Å². The lowest BCUT2D eigenvalue weighted by Gasteiger charge is -2.14. The molecule has 0 aliphatic carbocycles. The fourth-order valence-electron chi connectivity index (χ4n) is 2.47. The summed E-state index contributed by atoms with van der Waals surface area (Å²) in [6.07, 6.45) is 4.94. The maximum Gasteiger partial charge on any atom is 0.258 e. The largest absolute Gasteiger partial charge is 0.316 e. The Hall–Kier alpha value is -1.02. The fourth-order valence-corrected chi connectivity index (χ4v) is 3.47. The molecule has 1 fully saturated rings. The Morgan fingerprint density at radius 2 is 2.05 bits per heavy atom. The van der Waals surface area contributed by atoms with E-state index in [1.54, 1.807) is 18.3 Å². The zero-order chi connectivity index (χ0) is 15.1. The lowest BCUT2D eigenvalue weighted by atomic mass is 10.3. The maximum atomic E-state index is 12.1. The highest BCUT2D eigenvalue weighted by atomic mass is 32.2. The molecule has 1 aromatic rings. The van der Waals surface area contributed by atoms with Crippen LogP contribution in [0.4, 0.5) is 0 Å². The van der Waals surface area contributed by atoms with Gasteiger partial charge in [0, 0.05) is 19.3 Å². The summed E-state index contributed by atoms with van der Waals surface area (Å²) in [4.78, 5) is 6.40. The van der Waals surface area contributed by atoms with Crippen molar-refractivity contribution in [3.63, 3.8) is 0 Å². The number of rotatable bonds is 8. The van der Waals surface area contributed by atoms with Crippen LogP contribution in [0, 0.1) is 0 Å². The average Bonchev–Trinajstić information content (AvgIpc) is 2.98. The highest BCUT2D eigenvalue weighted by molar-refractivity contribution is 7.89. The summed E-state index contributed by atoms with van der Waals surface area (Å²) in [6, 6.07) is 3.33. The Morgan fingerprint density at radius 1 is 1.29 bits per heavy atom. The number of hydrogen-bond donors (Lipinski definition) is 2. The number of aromatic nitrogens is 1. The van der Waals surface area contributed by atoms with Gasteiger partial charge in [-0.05, 0) is 57.6 Å². The van der Waals surface area contributed by atoms with Crippen LogP contribution < -0.4 is 10.0 Å². The quantitative estimate of drug-likeness (QED) is 0.686. The van der Waals surface area contributed by atoms with E-state index in [1.807, 2.05) is 7.05 Å². The van der Waals surface area contributed by atoms with Crippen LogP contribution in [0.2, 0.25) is 0 Å². The van der Waals surface area contributed by atoms with Crippen LogP contribution in [-0.2, 0) is 16.6 Å². The van der Waals surface area contributed by atoms with Gasteiger partial charge in [-0.3, -0.25) is 0 Å². The summed E-state index contributed by atoms with van der Waals surface area (Å²) in [5, 5.41) is 3.09. The molecule has 0 atom stereocenters. The normalized spacial score (nSPS) is 16.4. The molecule has 1 aromatic heterocycles. The maximum absolute atomic E-state index is 12.1. The summed E-state index contributed by atoms with van der Waals surface area (Å²) in [5.74, 6) is 0. The van der Waals surface area contributed by atoms with Crippen molar-refractivity contribution in [2.45, 2.75) is 30.8 Å². The average molecular weight is 312 g/mol. The molecule has 1 aliphatic heterocycles. The van der Waals surface area contributed by atoms with Gasteiger partial charge >= 0.3 is 0 Å². The first-order valence-corrected chi connectivity index (χ1v) is 8.92. The molecular formula is C14H24N4O2S. The predicted octanol–water partition coefficient (Wildman–Crippen LogP) is 0.565. The smallest absolute Gasteiger partial charge is 0.258 e. The van der Waals surface area contributed by atoms with Crippen molar-refractivity contribution in [2.75, 3.05) is 33.2 Å². The lowest BCUT2D eigenvalue weighted by molar-refractivity contribution is 0.334. The summed E-state index contributed by atoms with van der Waals surface area (Å²) in [6.45, 7) is 4.37. The molecule has 0 saturated carbocycles. The molecule has 0 unspecified atom stereocenters. The highest BCUT2D eigenvalue weighted by Gasteiger charge is 2.15. The SMILES string of the molecule is CNCc1ccc(S(=O)(=O)NCCCN2CCCC2)nc1.